The van der Waals surface area contributed by atoms with Gasteiger partial charge in [-0.05, 0) is 18.8 Å². The van der Waals surface area contributed by atoms with Crippen LogP contribution in [0.3, 0.4) is 0 Å². The number of methoxy groups -OCH3 is 1. The van der Waals surface area contributed by atoms with Crippen LogP contribution in [0.5, 0.6) is 5.75 Å². The maximum Gasteiger partial charge on any atom is 0.177 e. The Labute approximate surface area is 106 Å². The summed E-state index contributed by atoms with van der Waals surface area (Å²) in [5.74, 6) is 1.35. The maximum atomic E-state index is 9.01. The lowest BCUT2D eigenvalue weighted by Crippen LogP contribution is -2.33. The molecule has 0 spiro atoms. The van der Waals surface area contributed by atoms with Gasteiger partial charge in [0.05, 0.1) is 7.11 Å². The van der Waals surface area contributed by atoms with Crippen molar-refractivity contribution in [1.29, 1.82) is 5.26 Å². The van der Waals surface area contributed by atoms with Gasteiger partial charge in [-0.3, -0.25) is 0 Å². The Hall–Kier alpha value is -1.41. The number of nitrogens with zero attached hydrogens (tertiary/aromatic N) is 2. The van der Waals surface area contributed by atoms with Crippen LogP contribution in [0, 0.1) is 17.2 Å². The average Bonchev–Trinajstić information content (AvgIpc) is 2.65. The van der Waals surface area contributed by atoms with Crippen LogP contribution in [0.2, 0.25) is 0 Å². The van der Waals surface area contributed by atoms with Crippen LogP contribution in [0.4, 0.5) is 10.7 Å². The molecule has 2 heterocycles. The van der Waals surface area contributed by atoms with Crippen molar-refractivity contribution in [2.75, 3.05) is 30.8 Å². The highest BCUT2D eigenvalue weighted by Crippen LogP contribution is 2.45. The van der Waals surface area contributed by atoms with Crippen LogP contribution in [0.15, 0.2) is 0 Å². The maximum absolute atomic E-state index is 9.01. The molecule has 17 heavy (non-hydrogen) atoms. The Bertz CT molecular complexity index is 449. The van der Waals surface area contributed by atoms with E-state index in [1.165, 1.54) is 24.2 Å². The van der Waals surface area contributed by atoms with Gasteiger partial charge in [0.1, 0.15) is 21.6 Å². The first-order valence-corrected chi connectivity index (χ1v) is 6.60. The predicted octanol–water partition coefficient (Wildman–Crippen LogP) is 2.45. The molecule has 0 aromatic carbocycles. The number of hydrogen-bond acceptors (Lipinski definition) is 5. The van der Waals surface area contributed by atoms with Crippen LogP contribution in [0.1, 0.15) is 24.6 Å². The minimum absolute atomic E-state index is 0.480. The van der Waals surface area contributed by atoms with Crippen molar-refractivity contribution in [1.82, 2.24) is 0 Å². The monoisotopic (exact) mass is 251 g/mol. The molecule has 0 bridgehead atoms. The van der Waals surface area contributed by atoms with E-state index in [2.05, 4.69) is 17.9 Å². The minimum atomic E-state index is 0.480. The van der Waals surface area contributed by atoms with E-state index in [9.17, 15) is 0 Å². The van der Waals surface area contributed by atoms with E-state index in [0.29, 0.717) is 22.2 Å². The molecule has 1 unspecified atom stereocenters. The summed E-state index contributed by atoms with van der Waals surface area (Å²) in [6.45, 7) is 4.29. The van der Waals surface area contributed by atoms with E-state index < -0.39 is 0 Å². The number of thiophene rings is 1. The smallest absolute Gasteiger partial charge is 0.177 e. The fraction of sp³-hybridized carbons (Fsp3) is 0.583. The number of ether oxygens (including phenoxy) is 1. The van der Waals surface area contributed by atoms with Crippen molar-refractivity contribution in [2.24, 2.45) is 5.92 Å². The lowest BCUT2D eigenvalue weighted by molar-refractivity contribution is 0.409. The summed E-state index contributed by atoms with van der Waals surface area (Å²) in [4.78, 5) is 2.84. The van der Waals surface area contributed by atoms with E-state index in [1.54, 1.807) is 7.11 Å². The molecule has 1 aliphatic rings. The zero-order valence-electron chi connectivity index (χ0n) is 10.2. The zero-order valence-corrected chi connectivity index (χ0v) is 11.0. The second-order valence-electron chi connectivity index (χ2n) is 4.49. The third-order valence-electron chi connectivity index (χ3n) is 3.13. The summed E-state index contributed by atoms with van der Waals surface area (Å²) in [5, 5.41) is 10.0. The Kier molecular flexibility index (Phi) is 3.43. The molecule has 92 valence electrons. The van der Waals surface area contributed by atoms with Gasteiger partial charge in [0.2, 0.25) is 0 Å². The zero-order chi connectivity index (χ0) is 12.4. The van der Waals surface area contributed by atoms with Crippen molar-refractivity contribution in [3.8, 4) is 11.8 Å². The lowest BCUT2D eigenvalue weighted by Gasteiger charge is -2.32. The summed E-state index contributed by atoms with van der Waals surface area (Å²) >= 11 is 1.43. The number of nitriles is 1. The topological polar surface area (TPSA) is 62.3 Å². The van der Waals surface area contributed by atoms with Gasteiger partial charge in [-0.1, -0.05) is 6.92 Å². The minimum Gasteiger partial charge on any atom is -0.492 e. The van der Waals surface area contributed by atoms with Crippen molar-refractivity contribution < 1.29 is 4.74 Å². The van der Waals surface area contributed by atoms with E-state index in [4.69, 9.17) is 15.7 Å². The molecule has 1 atom stereocenters. The van der Waals surface area contributed by atoms with E-state index in [-0.39, 0.29) is 0 Å². The van der Waals surface area contributed by atoms with E-state index >= 15 is 0 Å². The van der Waals surface area contributed by atoms with Crippen LogP contribution < -0.4 is 15.4 Å². The van der Waals surface area contributed by atoms with E-state index in [1.807, 2.05) is 0 Å². The van der Waals surface area contributed by atoms with Gasteiger partial charge < -0.3 is 15.4 Å². The lowest BCUT2D eigenvalue weighted by atomic mass is 10.0. The normalized spacial score (nSPS) is 20.1. The summed E-state index contributed by atoms with van der Waals surface area (Å²) in [7, 11) is 1.61. The number of hydrogen-bond donors (Lipinski definition) is 1. The van der Waals surface area contributed by atoms with E-state index in [0.717, 1.165) is 18.1 Å². The first kappa shape index (κ1) is 12.1. The number of nitrogens with two attached hydrogens (primary N) is 1. The Morgan fingerprint density at radius 1 is 1.59 bits per heavy atom. The van der Waals surface area contributed by atoms with Gasteiger partial charge in [-0.2, -0.15) is 5.26 Å². The second-order valence-corrected chi connectivity index (χ2v) is 5.49. The summed E-state index contributed by atoms with van der Waals surface area (Å²) in [5.41, 5.74) is 6.38. The molecule has 0 aliphatic carbocycles. The number of rotatable bonds is 2. The molecule has 1 saturated heterocycles. The Morgan fingerprint density at radius 3 is 2.94 bits per heavy atom. The summed E-state index contributed by atoms with van der Waals surface area (Å²) in [6.07, 6.45) is 2.45. The fourth-order valence-electron chi connectivity index (χ4n) is 2.28. The highest BCUT2D eigenvalue weighted by molar-refractivity contribution is 7.17. The fourth-order valence-corrected chi connectivity index (χ4v) is 3.30. The van der Waals surface area contributed by atoms with Gasteiger partial charge in [0.15, 0.2) is 5.75 Å². The van der Waals surface area contributed by atoms with Crippen LogP contribution in [-0.4, -0.2) is 20.2 Å². The molecule has 0 amide bonds. The predicted molar refractivity (Wildman–Crippen MR) is 70.6 cm³/mol. The molecule has 0 radical (unpaired) electrons. The molecule has 1 aromatic rings. The third kappa shape index (κ3) is 2.18. The molecule has 1 aliphatic heterocycles. The standard InChI is InChI=1S/C12H17N3OS/c1-8-4-3-5-15(7-8)12-11(16-2)10(14)9(6-13)17-12/h8H,3-5,7,14H2,1-2H3. The third-order valence-corrected chi connectivity index (χ3v) is 4.28. The molecule has 1 aromatic heterocycles. The van der Waals surface area contributed by atoms with Gasteiger partial charge in [0, 0.05) is 13.1 Å². The van der Waals surface area contributed by atoms with Crippen molar-refractivity contribution >= 4 is 22.0 Å². The molecule has 2 rings (SSSR count). The quantitative estimate of drug-likeness (QED) is 0.877. The number of anilines is 2. The largest absolute Gasteiger partial charge is 0.492 e. The SMILES string of the molecule is COc1c(N2CCCC(C)C2)sc(C#N)c1N. The van der Waals surface area contributed by atoms with Gasteiger partial charge in [-0.25, -0.2) is 0 Å². The number of piperidine rings is 1. The first-order chi connectivity index (χ1) is 8.17. The summed E-state index contributed by atoms with van der Waals surface area (Å²) < 4.78 is 5.34. The molecule has 2 N–H and O–H groups in total. The highest BCUT2D eigenvalue weighted by atomic mass is 32.1. The molecule has 0 saturated carbocycles. The second kappa shape index (κ2) is 4.84. The van der Waals surface area contributed by atoms with Crippen molar-refractivity contribution in [3.63, 3.8) is 0 Å². The Morgan fingerprint density at radius 2 is 2.35 bits per heavy atom. The average molecular weight is 251 g/mol. The first-order valence-electron chi connectivity index (χ1n) is 5.78. The molecular weight excluding hydrogens is 234 g/mol. The van der Waals surface area contributed by atoms with Gasteiger partial charge in [-0.15, -0.1) is 11.3 Å². The molecule has 4 nitrogen and oxygen atoms in total. The molecule has 5 heteroatoms. The Balaban J connectivity index is 2.34. The van der Waals surface area contributed by atoms with Crippen molar-refractivity contribution in [2.45, 2.75) is 19.8 Å². The van der Waals surface area contributed by atoms with Gasteiger partial charge >= 0.3 is 0 Å². The van der Waals surface area contributed by atoms with Crippen LogP contribution >= 0.6 is 11.3 Å². The molecule has 1 fully saturated rings. The van der Waals surface area contributed by atoms with Crippen LogP contribution in [-0.2, 0) is 0 Å². The highest BCUT2D eigenvalue weighted by Gasteiger charge is 2.24. The molecular formula is C12H17N3OS. The summed E-state index contributed by atoms with van der Waals surface area (Å²) in [6, 6.07) is 2.13. The van der Waals surface area contributed by atoms with Crippen LogP contribution in [0.25, 0.3) is 0 Å². The van der Waals surface area contributed by atoms with Gasteiger partial charge in [0.25, 0.3) is 0 Å². The van der Waals surface area contributed by atoms with Crippen molar-refractivity contribution in [3.05, 3.63) is 4.88 Å². The number of nitrogen functional groups attached to an aromatic ring is 1.